The van der Waals surface area contributed by atoms with Crippen LogP contribution < -0.4 is 4.74 Å². The van der Waals surface area contributed by atoms with Gasteiger partial charge in [-0.05, 0) is 61.1 Å². The van der Waals surface area contributed by atoms with Crippen LogP contribution in [0.5, 0.6) is 5.75 Å². The van der Waals surface area contributed by atoms with Crippen molar-refractivity contribution in [1.82, 2.24) is 14.9 Å². The predicted molar refractivity (Wildman–Crippen MR) is 93.4 cm³/mol. The first-order valence-electron chi connectivity index (χ1n) is 7.38. The summed E-state index contributed by atoms with van der Waals surface area (Å²) < 4.78 is 20.3. The van der Waals surface area contributed by atoms with Crippen molar-refractivity contribution < 1.29 is 9.13 Å². The molecule has 5 nitrogen and oxygen atoms in total. The van der Waals surface area contributed by atoms with Crippen LogP contribution in [0.4, 0.5) is 4.39 Å². The van der Waals surface area contributed by atoms with Crippen LogP contribution in [0.1, 0.15) is 12.5 Å². The van der Waals surface area contributed by atoms with E-state index in [-0.39, 0.29) is 5.82 Å². The molecule has 1 aromatic heterocycles. The van der Waals surface area contributed by atoms with Gasteiger partial charge in [0.25, 0.3) is 0 Å². The minimum absolute atomic E-state index is 0.290. The highest BCUT2D eigenvalue weighted by Gasteiger charge is 2.08. The first kappa shape index (κ1) is 16.1. The van der Waals surface area contributed by atoms with E-state index >= 15 is 0 Å². The molecule has 0 saturated heterocycles. The van der Waals surface area contributed by atoms with Crippen LogP contribution in [-0.2, 0) is 0 Å². The zero-order valence-electron chi connectivity index (χ0n) is 12.9. The molecule has 0 aliphatic carbocycles. The molecule has 1 N–H and O–H groups in total. The fraction of sp³-hybridized carbons (Fsp3) is 0.118. The summed E-state index contributed by atoms with van der Waals surface area (Å²) in [4.78, 5) is 0. The maximum Gasteiger partial charge on any atom is 0.216 e. The van der Waals surface area contributed by atoms with Crippen molar-refractivity contribution in [2.75, 3.05) is 6.61 Å². The molecule has 0 saturated carbocycles. The smallest absolute Gasteiger partial charge is 0.216 e. The number of aromatic amines is 1. The van der Waals surface area contributed by atoms with Gasteiger partial charge in [-0.1, -0.05) is 12.1 Å². The van der Waals surface area contributed by atoms with Crippen molar-refractivity contribution in [1.29, 1.82) is 0 Å². The number of hydrogen-bond donors (Lipinski definition) is 1. The average molecular weight is 342 g/mol. The highest BCUT2D eigenvalue weighted by Crippen LogP contribution is 2.21. The lowest BCUT2D eigenvalue weighted by molar-refractivity contribution is 0.340. The van der Waals surface area contributed by atoms with Crippen molar-refractivity contribution in [3.8, 4) is 17.1 Å². The van der Waals surface area contributed by atoms with Gasteiger partial charge >= 0.3 is 0 Å². The molecule has 122 valence electrons. The molecular weight excluding hydrogens is 327 g/mol. The third-order valence-electron chi connectivity index (χ3n) is 3.27. The van der Waals surface area contributed by atoms with E-state index in [0.29, 0.717) is 17.2 Å². The molecule has 0 spiro atoms. The molecule has 1 heterocycles. The van der Waals surface area contributed by atoms with Gasteiger partial charge in [-0.15, -0.1) is 0 Å². The van der Waals surface area contributed by atoms with E-state index in [0.717, 1.165) is 16.9 Å². The van der Waals surface area contributed by atoms with Crippen LogP contribution >= 0.6 is 12.2 Å². The SMILES string of the molecule is CCOc1ccc(-c2n[nH]c(=S)n2N=Cc2ccc(F)cc2)cc1. The van der Waals surface area contributed by atoms with E-state index in [4.69, 9.17) is 17.0 Å². The van der Waals surface area contributed by atoms with E-state index in [1.165, 1.54) is 16.8 Å². The summed E-state index contributed by atoms with van der Waals surface area (Å²) in [6.45, 7) is 2.54. The van der Waals surface area contributed by atoms with Gasteiger partial charge in [0.1, 0.15) is 11.6 Å². The molecule has 0 unspecified atom stereocenters. The summed E-state index contributed by atoms with van der Waals surface area (Å²) in [5.74, 6) is 1.08. The molecule has 2 aromatic carbocycles. The van der Waals surface area contributed by atoms with E-state index < -0.39 is 0 Å². The lowest BCUT2D eigenvalue weighted by Crippen LogP contribution is -1.96. The highest BCUT2D eigenvalue weighted by atomic mass is 32.1. The molecule has 0 fully saturated rings. The zero-order valence-corrected chi connectivity index (χ0v) is 13.8. The maximum absolute atomic E-state index is 12.9. The molecule has 0 atom stereocenters. The molecule has 0 bridgehead atoms. The molecule has 0 aliphatic rings. The molecule has 7 heteroatoms. The third kappa shape index (κ3) is 3.57. The number of ether oxygens (including phenoxy) is 1. The minimum Gasteiger partial charge on any atom is -0.494 e. The molecule has 0 amide bonds. The molecule has 24 heavy (non-hydrogen) atoms. The largest absolute Gasteiger partial charge is 0.494 e. The van der Waals surface area contributed by atoms with Gasteiger partial charge in [0.05, 0.1) is 12.8 Å². The molecular formula is C17H15FN4OS. The Bertz CT molecular complexity index is 898. The monoisotopic (exact) mass is 342 g/mol. The van der Waals surface area contributed by atoms with Crippen LogP contribution in [-0.4, -0.2) is 27.7 Å². The summed E-state index contributed by atoms with van der Waals surface area (Å²) >= 11 is 5.22. The normalized spacial score (nSPS) is 11.1. The number of halogens is 1. The number of rotatable bonds is 5. The topological polar surface area (TPSA) is 55.2 Å². The lowest BCUT2D eigenvalue weighted by Gasteiger charge is -2.04. The number of nitrogens with one attached hydrogen (secondary N) is 1. The van der Waals surface area contributed by atoms with E-state index in [1.54, 1.807) is 18.3 Å². The Hall–Kier alpha value is -2.80. The van der Waals surface area contributed by atoms with Crippen molar-refractivity contribution in [2.45, 2.75) is 6.92 Å². The van der Waals surface area contributed by atoms with Gasteiger partial charge in [0.2, 0.25) is 4.77 Å². The highest BCUT2D eigenvalue weighted by molar-refractivity contribution is 7.71. The second kappa shape index (κ2) is 7.18. The Kier molecular flexibility index (Phi) is 4.81. The Morgan fingerprint density at radius 3 is 2.58 bits per heavy atom. The van der Waals surface area contributed by atoms with Crippen LogP contribution in [0, 0.1) is 10.6 Å². The number of aromatic nitrogens is 3. The fourth-order valence-electron chi connectivity index (χ4n) is 2.13. The van der Waals surface area contributed by atoms with E-state index in [9.17, 15) is 4.39 Å². The van der Waals surface area contributed by atoms with Crippen molar-refractivity contribution in [2.24, 2.45) is 5.10 Å². The predicted octanol–water partition coefficient (Wildman–Crippen LogP) is 4.03. The Morgan fingerprint density at radius 1 is 1.21 bits per heavy atom. The second-order valence-electron chi connectivity index (χ2n) is 4.92. The van der Waals surface area contributed by atoms with E-state index in [1.807, 2.05) is 31.2 Å². The summed E-state index contributed by atoms with van der Waals surface area (Å²) in [6.07, 6.45) is 1.60. The Labute approximate surface area is 143 Å². The van der Waals surface area contributed by atoms with Gasteiger partial charge < -0.3 is 4.74 Å². The number of nitrogens with zero attached hydrogens (tertiary/aromatic N) is 3. The quantitative estimate of drug-likeness (QED) is 0.563. The molecule has 3 aromatic rings. The Balaban J connectivity index is 1.91. The first-order chi connectivity index (χ1) is 11.7. The van der Waals surface area contributed by atoms with Crippen molar-refractivity contribution in [3.63, 3.8) is 0 Å². The summed E-state index contributed by atoms with van der Waals surface area (Å²) in [5, 5.41) is 11.3. The van der Waals surface area contributed by atoms with Gasteiger partial charge in [0, 0.05) is 5.56 Å². The lowest BCUT2D eigenvalue weighted by atomic mass is 10.2. The van der Waals surface area contributed by atoms with Crippen LogP contribution in [0.15, 0.2) is 53.6 Å². The average Bonchev–Trinajstić information content (AvgIpc) is 2.96. The van der Waals surface area contributed by atoms with Crippen molar-refractivity contribution in [3.05, 3.63) is 64.7 Å². The zero-order chi connectivity index (χ0) is 16.9. The van der Waals surface area contributed by atoms with Gasteiger partial charge in [-0.25, -0.2) is 9.49 Å². The third-order valence-corrected chi connectivity index (χ3v) is 3.53. The molecule has 0 radical (unpaired) electrons. The summed E-state index contributed by atoms with van der Waals surface area (Å²) in [7, 11) is 0. The number of H-pyrrole nitrogens is 1. The second-order valence-corrected chi connectivity index (χ2v) is 5.30. The number of hydrogen-bond acceptors (Lipinski definition) is 4. The van der Waals surface area contributed by atoms with Gasteiger partial charge in [0.15, 0.2) is 5.82 Å². The fourth-order valence-corrected chi connectivity index (χ4v) is 2.31. The molecule has 0 aliphatic heterocycles. The van der Waals surface area contributed by atoms with Crippen LogP contribution in [0.3, 0.4) is 0 Å². The Morgan fingerprint density at radius 2 is 1.92 bits per heavy atom. The van der Waals surface area contributed by atoms with Gasteiger partial charge in [-0.2, -0.15) is 14.9 Å². The van der Waals surface area contributed by atoms with Crippen LogP contribution in [0.25, 0.3) is 11.4 Å². The maximum atomic E-state index is 12.9. The molecule has 3 rings (SSSR count). The summed E-state index contributed by atoms with van der Waals surface area (Å²) in [6, 6.07) is 13.5. The van der Waals surface area contributed by atoms with Gasteiger partial charge in [-0.3, -0.25) is 0 Å². The first-order valence-corrected chi connectivity index (χ1v) is 7.79. The van der Waals surface area contributed by atoms with E-state index in [2.05, 4.69) is 15.3 Å². The summed E-state index contributed by atoms with van der Waals surface area (Å²) in [5.41, 5.74) is 1.61. The van der Waals surface area contributed by atoms with Crippen LogP contribution in [0.2, 0.25) is 0 Å². The number of benzene rings is 2. The standard InChI is InChI=1S/C17H15FN4OS/c1-2-23-15-9-5-13(6-10-15)16-20-21-17(24)22(16)19-11-12-3-7-14(18)8-4-12/h3-11H,2H2,1H3,(H,21,24). The minimum atomic E-state index is -0.290. The van der Waals surface area contributed by atoms with Crippen molar-refractivity contribution >= 4 is 18.4 Å².